The summed E-state index contributed by atoms with van der Waals surface area (Å²) in [6.07, 6.45) is 1.56. The third kappa shape index (κ3) is 6.02. The van der Waals surface area contributed by atoms with Gasteiger partial charge in [-0.05, 0) is 20.3 Å². The Morgan fingerprint density at radius 2 is 1.92 bits per heavy atom. The van der Waals surface area contributed by atoms with E-state index in [2.05, 4.69) is 6.92 Å². The van der Waals surface area contributed by atoms with Crippen LogP contribution in [-0.2, 0) is 9.47 Å². The topological polar surface area (TPSA) is 38.7 Å². The molecule has 0 aliphatic rings. The van der Waals surface area contributed by atoms with Crippen molar-refractivity contribution in [3.63, 3.8) is 0 Å². The van der Waals surface area contributed by atoms with Crippen LogP contribution >= 0.6 is 0 Å². The van der Waals surface area contributed by atoms with Gasteiger partial charge >= 0.3 is 0 Å². The zero-order valence-electron chi connectivity index (χ0n) is 9.12. The van der Waals surface area contributed by atoms with Crippen molar-refractivity contribution >= 4 is 0 Å². The summed E-state index contributed by atoms with van der Waals surface area (Å²) in [7, 11) is 1.66. The van der Waals surface area contributed by atoms with E-state index in [-0.39, 0.29) is 12.2 Å². The highest BCUT2D eigenvalue weighted by molar-refractivity contribution is 4.64. The van der Waals surface area contributed by atoms with Gasteiger partial charge in [-0.25, -0.2) is 0 Å². The van der Waals surface area contributed by atoms with E-state index in [9.17, 15) is 5.11 Å². The lowest BCUT2D eigenvalue weighted by molar-refractivity contribution is -0.0682. The number of hydrogen-bond donors (Lipinski definition) is 1. The van der Waals surface area contributed by atoms with E-state index < -0.39 is 6.10 Å². The summed E-state index contributed by atoms with van der Waals surface area (Å²) in [5.41, 5.74) is 0. The van der Waals surface area contributed by atoms with Gasteiger partial charge in [-0.1, -0.05) is 13.3 Å². The highest BCUT2D eigenvalue weighted by Crippen LogP contribution is 2.08. The van der Waals surface area contributed by atoms with E-state index in [4.69, 9.17) is 9.47 Å². The SMILES string of the molecule is CCC[C@@H](OCC(C)OC)[C@H](C)O. The molecule has 80 valence electrons. The molecule has 0 aliphatic carbocycles. The highest BCUT2D eigenvalue weighted by atomic mass is 16.5. The monoisotopic (exact) mass is 190 g/mol. The molecule has 0 aromatic carbocycles. The van der Waals surface area contributed by atoms with Gasteiger partial charge in [-0.3, -0.25) is 0 Å². The molecule has 0 fully saturated rings. The van der Waals surface area contributed by atoms with Crippen molar-refractivity contribution in [1.82, 2.24) is 0 Å². The Labute approximate surface area is 81.0 Å². The van der Waals surface area contributed by atoms with E-state index in [1.165, 1.54) is 0 Å². The molecule has 0 aromatic heterocycles. The van der Waals surface area contributed by atoms with E-state index in [1.807, 2.05) is 6.92 Å². The largest absolute Gasteiger partial charge is 0.391 e. The minimum atomic E-state index is -0.399. The number of methoxy groups -OCH3 is 1. The van der Waals surface area contributed by atoms with Crippen LogP contribution in [0.3, 0.4) is 0 Å². The van der Waals surface area contributed by atoms with Crippen molar-refractivity contribution in [2.24, 2.45) is 0 Å². The standard InChI is InChI=1S/C10H22O3/c1-5-6-10(9(3)11)13-7-8(2)12-4/h8-11H,5-7H2,1-4H3/t8?,9-,10+/m0/s1. The van der Waals surface area contributed by atoms with Crippen molar-refractivity contribution in [2.45, 2.75) is 51.9 Å². The van der Waals surface area contributed by atoms with E-state index in [1.54, 1.807) is 14.0 Å². The molecule has 0 rings (SSSR count). The van der Waals surface area contributed by atoms with Crippen LogP contribution in [0, 0.1) is 0 Å². The Hall–Kier alpha value is -0.120. The maximum Gasteiger partial charge on any atom is 0.0832 e. The predicted octanol–water partition coefficient (Wildman–Crippen LogP) is 1.59. The molecule has 0 radical (unpaired) electrons. The van der Waals surface area contributed by atoms with Gasteiger partial charge in [-0.15, -0.1) is 0 Å². The Balaban J connectivity index is 3.68. The normalized spacial score (nSPS) is 18.2. The van der Waals surface area contributed by atoms with Gasteiger partial charge in [0.05, 0.1) is 24.9 Å². The van der Waals surface area contributed by atoms with Crippen LogP contribution in [0.2, 0.25) is 0 Å². The first-order valence-electron chi connectivity index (χ1n) is 4.94. The van der Waals surface area contributed by atoms with Crippen molar-refractivity contribution in [3.05, 3.63) is 0 Å². The molecule has 0 aliphatic heterocycles. The molecule has 0 aromatic rings. The molecule has 1 unspecified atom stereocenters. The van der Waals surface area contributed by atoms with Crippen LogP contribution in [0.1, 0.15) is 33.6 Å². The van der Waals surface area contributed by atoms with Crippen molar-refractivity contribution < 1.29 is 14.6 Å². The second-order valence-electron chi connectivity index (χ2n) is 3.45. The predicted molar refractivity (Wildman–Crippen MR) is 52.8 cm³/mol. The van der Waals surface area contributed by atoms with E-state index >= 15 is 0 Å². The number of aliphatic hydroxyl groups excluding tert-OH is 1. The van der Waals surface area contributed by atoms with E-state index in [0.29, 0.717) is 6.61 Å². The lowest BCUT2D eigenvalue weighted by atomic mass is 10.1. The molecular weight excluding hydrogens is 168 g/mol. The molecule has 13 heavy (non-hydrogen) atoms. The van der Waals surface area contributed by atoms with Gasteiger partial charge < -0.3 is 14.6 Å². The fraction of sp³-hybridized carbons (Fsp3) is 1.00. The Morgan fingerprint density at radius 1 is 1.31 bits per heavy atom. The molecule has 0 spiro atoms. The maximum atomic E-state index is 9.36. The Kier molecular flexibility index (Phi) is 7.23. The molecule has 0 amide bonds. The fourth-order valence-electron chi connectivity index (χ4n) is 1.08. The fourth-order valence-corrected chi connectivity index (χ4v) is 1.08. The van der Waals surface area contributed by atoms with Crippen molar-refractivity contribution in [3.8, 4) is 0 Å². The van der Waals surface area contributed by atoms with Crippen LogP contribution in [0.15, 0.2) is 0 Å². The van der Waals surface area contributed by atoms with Crippen LogP contribution in [0.25, 0.3) is 0 Å². The summed E-state index contributed by atoms with van der Waals surface area (Å²) in [6, 6.07) is 0. The molecule has 1 N–H and O–H groups in total. The summed E-state index contributed by atoms with van der Waals surface area (Å²) >= 11 is 0. The van der Waals surface area contributed by atoms with Gasteiger partial charge in [-0.2, -0.15) is 0 Å². The van der Waals surface area contributed by atoms with Gasteiger partial charge in [0.1, 0.15) is 0 Å². The summed E-state index contributed by atoms with van der Waals surface area (Å²) in [6.45, 7) is 6.34. The van der Waals surface area contributed by atoms with Gasteiger partial charge in [0.15, 0.2) is 0 Å². The summed E-state index contributed by atoms with van der Waals surface area (Å²) in [5, 5.41) is 9.36. The van der Waals surface area contributed by atoms with Gasteiger partial charge in [0, 0.05) is 7.11 Å². The summed E-state index contributed by atoms with van der Waals surface area (Å²) < 4.78 is 10.6. The molecular formula is C10H22O3. The van der Waals surface area contributed by atoms with E-state index in [0.717, 1.165) is 12.8 Å². The highest BCUT2D eigenvalue weighted by Gasteiger charge is 2.15. The molecule has 3 heteroatoms. The minimum Gasteiger partial charge on any atom is -0.391 e. The molecule has 3 atom stereocenters. The average molecular weight is 190 g/mol. The molecule has 3 nitrogen and oxygen atoms in total. The molecule has 0 saturated heterocycles. The zero-order valence-corrected chi connectivity index (χ0v) is 9.12. The number of rotatable bonds is 7. The number of ether oxygens (including phenoxy) is 2. The first-order valence-corrected chi connectivity index (χ1v) is 4.94. The zero-order chi connectivity index (χ0) is 10.3. The Morgan fingerprint density at radius 3 is 2.31 bits per heavy atom. The quantitative estimate of drug-likeness (QED) is 0.662. The molecule has 0 saturated carbocycles. The van der Waals surface area contributed by atoms with Crippen LogP contribution < -0.4 is 0 Å². The maximum absolute atomic E-state index is 9.36. The van der Waals surface area contributed by atoms with Crippen LogP contribution in [-0.4, -0.2) is 37.1 Å². The number of aliphatic hydroxyl groups is 1. The first kappa shape index (κ1) is 12.9. The van der Waals surface area contributed by atoms with Crippen molar-refractivity contribution in [2.75, 3.05) is 13.7 Å². The second-order valence-corrected chi connectivity index (χ2v) is 3.45. The Bertz CT molecular complexity index is 115. The minimum absolute atomic E-state index is 0.0531. The third-order valence-electron chi connectivity index (χ3n) is 2.06. The van der Waals surface area contributed by atoms with Gasteiger partial charge in [0.2, 0.25) is 0 Å². The lowest BCUT2D eigenvalue weighted by Crippen LogP contribution is -2.29. The molecule has 0 bridgehead atoms. The van der Waals surface area contributed by atoms with Crippen molar-refractivity contribution in [1.29, 1.82) is 0 Å². The lowest BCUT2D eigenvalue weighted by Gasteiger charge is -2.21. The summed E-state index contributed by atoms with van der Waals surface area (Å²) in [5.74, 6) is 0. The van der Waals surface area contributed by atoms with Gasteiger partial charge in [0.25, 0.3) is 0 Å². The van der Waals surface area contributed by atoms with Crippen LogP contribution in [0.4, 0.5) is 0 Å². The smallest absolute Gasteiger partial charge is 0.0832 e. The molecule has 0 heterocycles. The number of hydrogen-bond acceptors (Lipinski definition) is 3. The third-order valence-corrected chi connectivity index (χ3v) is 2.06. The first-order chi connectivity index (χ1) is 6.11. The van der Waals surface area contributed by atoms with Crippen LogP contribution in [0.5, 0.6) is 0 Å². The second kappa shape index (κ2) is 7.30. The summed E-state index contributed by atoms with van der Waals surface area (Å²) in [4.78, 5) is 0. The average Bonchev–Trinajstić information content (AvgIpc) is 2.11.